The third-order valence-electron chi connectivity index (χ3n) is 2.87. The third kappa shape index (κ3) is 2.30. The topological polar surface area (TPSA) is 44.5 Å². The zero-order valence-corrected chi connectivity index (χ0v) is 10.3. The smallest absolute Gasteiger partial charge is 0.201 e. The van der Waals surface area contributed by atoms with Gasteiger partial charge in [-0.15, -0.1) is 0 Å². The zero-order valence-electron chi connectivity index (χ0n) is 10.3. The number of hydrogen-bond donors (Lipinski definition) is 0. The molecule has 0 unspecified atom stereocenters. The highest BCUT2D eigenvalue weighted by atomic mass is 16.7. The highest BCUT2D eigenvalue weighted by molar-refractivity contribution is 5.58. The Labute approximate surface area is 106 Å². The second-order valence-corrected chi connectivity index (χ2v) is 4.32. The van der Waals surface area contributed by atoms with Crippen LogP contribution in [0.4, 0.5) is 0 Å². The first-order chi connectivity index (χ1) is 8.83. The van der Waals surface area contributed by atoms with E-state index in [0.29, 0.717) is 0 Å². The Hall–Kier alpha value is -1.65. The van der Waals surface area contributed by atoms with Gasteiger partial charge in [0.1, 0.15) is 12.0 Å². The van der Waals surface area contributed by atoms with Gasteiger partial charge in [0.05, 0.1) is 24.6 Å². The molecule has 0 N–H and O–H groups in total. The van der Waals surface area contributed by atoms with E-state index in [0.717, 1.165) is 42.3 Å². The maximum absolute atomic E-state index is 5.55. The van der Waals surface area contributed by atoms with Crippen LogP contribution in [0.5, 0.6) is 0 Å². The summed E-state index contributed by atoms with van der Waals surface area (Å²) in [6.07, 6.45) is 2.31. The van der Waals surface area contributed by atoms with Gasteiger partial charge in [-0.1, -0.05) is 6.07 Å². The Balaban J connectivity index is 1.88. The van der Waals surface area contributed by atoms with Crippen LogP contribution in [-0.4, -0.2) is 18.2 Å². The Morgan fingerprint density at radius 1 is 1.22 bits per heavy atom. The van der Waals surface area contributed by atoms with E-state index < -0.39 is 0 Å². The van der Waals surface area contributed by atoms with Crippen molar-refractivity contribution in [3.05, 3.63) is 42.0 Å². The molecule has 0 aliphatic carbocycles. The number of aryl methyl sites for hydroxylation is 1. The first-order valence-electron chi connectivity index (χ1n) is 6.08. The van der Waals surface area contributed by atoms with Crippen LogP contribution in [0.25, 0.3) is 11.3 Å². The van der Waals surface area contributed by atoms with Crippen LogP contribution in [0.15, 0.2) is 34.9 Å². The van der Waals surface area contributed by atoms with E-state index in [-0.39, 0.29) is 6.29 Å². The van der Waals surface area contributed by atoms with Gasteiger partial charge in [0.2, 0.25) is 6.29 Å². The molecule has 3 rings (SSSR count). The highest BCUT2D eigenvalue weighted by Gasteiger charge is 2.18. The molecule has 0 aromatic carbocycles. The predicted molar refractivity (Wildman–Crippen MR) is 65.9 cm³/mol. The lowest BCUT2D eigenvalue weighted by Crippen LogP contribution is -2.18. The molecular weight excluding hydrogens is 230 g/mol. The van der Waals surface area contributed by atoms with Gasteiger partial charge in [-0.3, -0.25) is 0 Å². The summed E-state index contributed by atoms with van der Waals surface area (Å²) in [6.45, 7) is 3.36. The lowest BCUT2D eigenvalue weighted by atomic mass is 10.2. The number of aromatic nitrogens is 1. The second-order valence-electron chi connectivity index (χ2n) is 4.32. The number of furan rings is 1. The first kappa shape index (κ1) is 11.4. The molecule has 0 atom stereocenters. The summed E-state index contributed by atoms with van der Waals surface area (Å²) in [5.41, 5.74) is 2.67. The molecule has 0 amide bonds. The molecule has 2 aromatic heterocycles. The summed E-state index contributed by atoms with van der Waals surface area (Å²) >= 11 is 0. The predicted octanol–water partition coefficient (Wildman–Crippen LogP) is 3.09. The molecule has 1 fully saturated rings. The average molecular weight is 245 g/mol. The quantitative estimate of drug-likeness (QED) is 0.815. The lowest BCUT2D eigenvalue weighted by molar-refractivity contribution is -0.185. The monoisotopic (exact) mass is 245 g/mol. The SMILES string of the molecule is Cc1cc(-c2cccc(C3OCCCO3)n2)co1. The molecule has 3 heterocycles. The first-order valence-corrected chi connectivity index (χ1v) is 6.08. The number of nitrogens with zero attached hydrogens (tertiary/aromatic N) is 1. The average Bonchev–Trinajstić information content (AvgIpc) is 2.87. The third-order valence-corrected chi connectivity index (χ3v) is 2.87. The van der Waals surface area contributed by atoms with Gasteiger partial charge >= 0.3 is 0 Å². The number of pyridine rings is 1. The summed E-state index contributed by atoms with van der Waals surface area (Å²) in [4.78, 5) is 4.57. The maximum atomic E-state index is 5.55. The minimum atomic E-state index is -0.341. The van der Waals surface area contributed by atoms with Crippen molar-refractivity contribution in [3.8, 4) is 11.3 Å². The number of ether oxygens (including phenoxy) is 2. The van der Waals surface area contributed by atoms with Crippen LogP contribution in [0, 0.1) is 6.92 Å². The van der Waals surface area contributed by atoms with E-state index in [1.54, 1.807) is 6.26 Å². The van der Waals surface area contributed by atoms with Gasteiger partial charge in [0, 0.05) is 5.56 Å². The molecule has 94 valence electrons. The van der Waals surface area contributed by atoms with E-state index in [2.05, 4.69) is 4.98 Å². The van der Waals surface area contributed by atoms with Crippen LogP contribution < -0.4 is 0 Å². The van der Waals surface area contributed by atoms with Crippen molar-refractivity contribution in [1.82, 2.24) is 4.98 Å². The van der Waals surface area contributed by atoms with Crippen molar-refractivity contribution in [2.24, 2.45) is 0 Å². The van der Waals surface area contributed by atoms with Gasteiger partial charge in [0.25, 0.3) is 0 Å². The van der Waals surface area contributed by atoms with E-state index in [9.17, 15) is 0 Å². The summed E-state index contributed by atoms with van der Waals surface area (Å²) in [6, 6.07) is 7.80. The molecule has 18 heavy (non-hydrogen) atoms. The molecule has 0 spiro atoms. The molecule has 4 heteroatoms. The zero-order chi connectivity index (χ0) is 12.4. The maximum Gasteiger partial charge on any atom is 0.201 e. The van der Waals surface area contributed by atoms with Crippen LogP contribution in [-0.2, 0) is 9.47 Å². The Morgan fingerprint density at radius 3 is 2.78 bits per heavy atom. The van der Waals surface area contributed by atoms with Crippen molar-refractivity contribution in [2.75, 3.05) is 13.2 Å². The van der Waals surface area contributed by atoms with E-state index in [1.807, 2.05) is 31.2 Å². The fourth-order valence-electron chi connectivity index (χ4n) is 1.98. The van der Waals surface area contributed by atoms with Crippen LogP contribution in [0.3, 0.4) is 0 Å². The molecule has 4 nitrogen and oxygen atoms in total. The number of hydrogen-bond acceptors (Lipinski definition) is 4. The van der Waals surface area contributed by atoms with Crippen molar-refractivity contribution in [1.29, 1.82) is 0 Å². The van der Waals surface area contributed by atoms with Crippen LogP contribution in [0.1, 0.15) is 24.2 Å². The summed E-state index contributed by atoms with van der Waals surface area (Å²) in [5.74, 6) is 0.877. The van der Waals surface area contributed by atoms with Crippen molar-refractivity contribution in [3.63, 3.8) is 0 Å². The molecule has 1 saturated heterocycles. The number of rotatable bonds is 2. The van der Waals surface area contributed by atoms with Gasteiger partial charge in [0.15, 0.2) is 0 Å². The lowest BCUT2D eigenvalue weighted by Gasteiger charge is -2.22. The summed E-state index contributed by atoms with van der Waals surface area (Å²) in [5, 5.41) is 0. The van der Waals surface area contributed by atoms with Crippen molar-refractivity contribution < 1.29 is 13.9 Å². The second kappa shape index (κ2) is 4.92. The summed E-state index contributed by atoms with van der Waals surface area (Å²) < 4.78 is 16.4. The van der Waals surface area contributed by atoms with Gasteiger partial charge in [-0.05, 0) is 31.5 Å². The van der Waals surface area contributed by atoms with Crippen molar-refractivity contribution in [2.45, 2.75) is 19.6 Å². The Morgan fingerprint density at radius 2 is 2.06 bits per heavy atom. The Bertz CT molecular complexity index is 529. The molecule has 1 aliphatic rings. The van der Waals surface area contributed by atoms with Gasteiger partial charge in [-0.2, -0.15) is 0 Å². The van der Waals surface area contributed by atoms with Crippen LogP contribution in [0.2, 0.25) is 0 Å². The van der Waals surface area contributed by atoms with Gasteiger partial charge in [-0.25, -0.2) is 4.98 Å². The van der Waals surface area contributed by atoms with E-state index in [4.69, 9.17) is 13.9 Å². The van der Waals surface area contributed by atoms with Crippen LogP contribution >= 0.6 is 0 Å². The molecular formula is C14H15NO3. The highest BCUT2D eigenvalue weighted by Crippen LogP contribution is 2.25. The normalized spacial score (nSPS) is 16.9. The molecule has 1 aliphatic heterocycles. The Kier molecular flexibility index (Phi) is 3.13. The minimum Gasteiger partial charge on any atom is -0.469 e. The fraction of sp³-hybridized carbons (Fsp3) is 0.357. The largest absolute Gasteiger partial charge is 0.469 e. The molecule has 0 bridgehead atoms. The molecule has 2 aromatic rings. The fourth-order valence-corrected chi connectivity index (χ4v) is 1.98. The summed E-state index contributed by atoms with van der Waals surface area (Å²) in [7, 11) is 0. The van der Waals surface area contributed by atoms with Crippen molar-refractivity contribution >= 4 is 0 Å². The molecule has 0 saturated carbocycles. The van der Waals surface area contributed by atoms with E-state index >= 15 is 0 Å². The molecule has 0 radical (unpaired) electrons. The standard InChI is InChI=1S/C14H15NO3/c1-10-8-11(9-18-10)12-4-2-5-13(15-12)14-16-6-3-7-17-14/h2,4-5,8-9,14H,3,6-7H2,1H3. The minimum absolute atomic E-state index is 0.341. The van der Waals surface area contributed by atoms with Gasteiger partial charge < -0.3 is 13.9 Å². The van der Waals surface area contributed by atoms with E-state index in [1.165, 1.54) is 0 Å².